The second-order valence-corrected chi connectivity index (χ2v) is 6.54. The maximum absolute atomic E-state index is 13.2. The maximum atomic E-state index is 13.2. The molecular weight excluding hydrogens is 364 g/mol. The van der Waals surface area contributed by atoms with Gasteiger partial charge < -0.3 is 9.47 Å². The number of hydrogen-bond donors (Lipinski definition) is 0. The zero-order valence-electron chi connectivity index (χ0n) is 16.2. The summed E-state index contributed by atoms with van der Waals surface area (Å²) in [7, 11) is 1.89. The molecule has 7 nitrogen and oxygen atoms in total. The molecule has 0 radical (unpaired) electrons. The molecule has 0 aliphatic heterocycles. The van der Waals surface area contributed by atoms with Crippen molar-refractivity contribution in [2.45, 2.75) is 6.92 Å². The van der Waals surface area contributed by atoms with E-state index in [1.54, 1.807) is 35.9 Å². The summed E-state index contributed by atoms with van der Waals surface area (Å²) in [5.41, 5.74) is 3.91. The largest absolute Gasteiger partial charge is 0.317 e. The van der Waals surface area contributed by atoms with Crippen molar-refractivity contribution < 1.29 is 4.79 Å². The van der Waals surface area contributed by atoms with Crippen LogP contribution >= 0.6 is 0 Å². The lowest BCUT2D eigenvalue weighted by Gasteiger charge is -2.21. The monoisotopic (exact) mass is 384 g/mol. The van der Waals surface area contributed by atoms with E-state index >= 15 is 0 Å². The normalized spacial score (nSPS) is 10.7. The van der Waals surface area contributed by atoms with Crippen LogP contribution in [0, 0.1) is 0 Å². The number of rotatable bonds is 5. The van der Waals surface area contributed by atoms with Gasteiger partial charge >= 0.3 is 0 Å². The van der Waals surface area contributed by atoms with Gasteiger partial charge in [0.1, 0.15) is 12.0 Å². The fourth-order valence-corrected chi connectivity index (χ4v) is 3.20. The summed E-state index contributed by atoms with van der Waals surface area (Å²) in [5.74, 6) is 0.584. The van der Waals surface area contributed by atoms with Gasteiger partial charge in [-0.25, -0.2) is 0 Å². The Balaban J connectivity index is 1.67. The number of anilines is 1. The SMILES string of the molecule is CCN(C(=O)c1cc(-c2cccnc2)ccn1)c1cccc(-c2nncn2C)c1. The van der Waals surface area contributed by atoms with E-state index in [-0.39, 0.29) is 5.91 Å². The summed E-state index contributed by atoms with van der Waals surface area (Å²) in [5, 5.41) is 8.08. The lowest BCUT2D eigenvalue weighted by Crippen LogP contribution is -2.31. The number of pyridine rings is 2. The first-order chi connectivity index (χ1) is 14.2. The Labute approximate surface area is 168 Å². The van der Waals surface area contributed by atoms with E-state index < -0.39 is 0 Å². The smallest absolute Gasteiger partial charge is 0.276 e. The Morgan fingerprint density at radius 2 is 1.90 bits per heavy atom. The molecule has 0 unspecified atom stereocenters. The minimum atomic E-state index is -0.159. The highest BCUT2D eigenvalue weighted by Gasteiger charge is 2.19. The Morgan fingerprint density at radius 1 is 1.03 bits per heavy atom. The molecule has 0 bridgehead atoms. The van der Waals surface area contributed by atoms with Crippen LogP contribution < -0.4 is 4.90 Å². The van der Waals surface area contributed by atoms with Gasteiger partial charge in [0, 0.05) is 49.0 Å². The molecule has 0 saturated heterocycles. The zero-order chi connectivity index (χ0) is 20.2. The van der Waals surface area contributed by atoms with Crippen molar-refractivity contribution in [2.75, 3.05) is 11.4 Å². The van der Waals surface area contributed by atoms with Crippen LogP contribution in [0.4, 0.5) is 5.69 Å². The summed E-state index contributed by atoms with van der Waals surface area (Å²) in [6, 6.07) is 15.2. The second-order valence-electron chi connectivity index (χ2n) is 6.54. The van der Waals surface area contributed by atoms with Crippen molar-refractivity contribution in [1.29, 1.82) is 0 Å². The Kier molecular flexibility index (Phi) is 5.11. The van der Waals surface area contributed by atoms with E-state index in [0.29, 0.717) is 12.2 Å². The summed E-state index contributed by atoms with van der Waals surface area (Å²) in [4.78, 5) is 23.4. The van der Waals surface area contributed by atoms with Crippen LogP contribution in [0.3, 0.4) is 0 Å². The van der Waals surface area contributed by atoms with Crippen LogP contribution in [-0.2, 0) is 7.05 Å². The molecule has 4 rings (SSSR count). The number of aromatic nitrogens is 5. The Hall–Kier alpha value is -3.87. The third-order valence-electron chi connectivity index (χ3n) is 4.66. The van der Waals surface area contributed by atoms with Crippen molar-refractivity contribution in [3.8, 4) is 22.5 Å². The minimum Gasteiger partial charge on any atom is -0.317 e. The molecule has 1 aromatic carbocycles. The van der Waals surface area contributed by atoms with E-state index in [1.807, 2.05) is 61.0 Å². The molecule has 0 fully saturated rings. The molecule has 1 amide bonds. The maximum Gasteiger partial charge on any atom is 0.276 e. The number of carbonyl (C=O) groups excluding carboxylic acids is 1. The van der Waals surface area contributed by atoms with Crippen molar-refractivity contribution >= 4 is 11.6 Å². The molecule has 3 heterocycles. The van der Waals surface area contributed by atoms with Crippen LogP contribution in [0.1, 0.15) is 17.4 Å². The molecule has 0 atom stereocenters. The third-order valence-corrected chi connectivity index (χ3v) is 4.66. The van der Waals surface area contributed by atoms with Gasteiger partial charge in [0.15, 0.2) is 5.82 Å². The predicted molar refractivity (Wildman–Crippen MR) is 111 cm³/mol. The van der Waals surface area contributed by atoms with Crippen molar-refractivity contribution in [2.24, 2.45) is 7.05 Å². The Bertz CT molecular complexity index is 1140. The standard InChI is InChI=1S/C22H20N6O/c1-3-28(19-8-4-6-17(12-19)21-26-25-15-27(21)2)22(29)20-13-16(9-11-24-20)18-7-5-10-23-14-18/h4-15H,3H2,1-2H3. The molecule has 144 valence electrons. The summed E-state index contributed by atoms with van der Waals surface area (Å²) < 4.78 is 1.84. The van der Waals surface area contributed by atoms with Gasteiger partial charge in [0.2, 0.25) is 0 Å². The molecule has 7 heteroatoms. The minimum absolute atomic E-state index is 0.159. The van der Waals surface area contributed by atoms with Crippen LogP contribution in [0.2, 0.25) is 0 Å². The third kappa shape index (κ3) is 3.75. The van der Waals surface area contributed by atoms with Gasteiger partial charge in [-0.05, 0) is 42.8 Å². The van der Waals surface area contributed by atoms with Gasteiger partial charge in [-0.3, -0.25) is 14.8 Å². The second kappa shape index (κ2) is 8.02. The van der Waals surface area contributed by atoms with Gasteiger partial charge in [-0.15, -0.1) is 10.2 Å². The average Bonchev–Trinajstić information content (AvgIpc) is 3.21. The summed E-state index contributed by atoms with van der Waals surface area (Å²) in [6.07, 6.45) is 6.79. The zero-order valence-corrected chi connectivity index (χ0v) is 16.2. The molecule has 29 heavy (non-hydrogen) atoms. The summed E-state index contributed by atoms with van der Waals surface area (Å²) in [6.45, 7) is 2.46. The molecule has 0 aliphatic carbocycles. The molecule has 0 spiro atoms. The molecule has 0 aliphatic rings. The van der Waals surface area contributed by atoms with Crippen LogP contribution in [0.5, 0.6) is 0 Å². The van der Waals surface area contributed by atoms with E-state index in [2.05, 4.69) is 20.2 Å². The lowest BCUT2D eigenvalue weighted by molar-refractivity contribution is 0.0983. The predicted octanol–water partition coefficient (Wildman–Crippen LogP) is 3.61. The number of benzene rings is 1. The first kappa shape index (κ1) is 18.5. The van der Waals surface area contributed by atoms with Gasteiger partial charge in [-0.1, -0.05) is 18.2 Å². The molecular formula is C22H20N6O. The molecule has 0 N–H and O–H groups in total. The van der Waals surface area contributed by atoms with Crippen molar-refractivity contribution in [3.05, 3.63) is 79.1 Å². The quantitative estimate of drug-likeness (QED) is 0.525. The first-order valence-electron chi connectivity index (χ1n) is 9.30. The highest BCUT2D eigenvalue weighted by Crippen LogP contribution is 2.25. The number of amides is 1. The van der Waals surface area contributed by atoms with Crippen molar-refractivity contribution in [1.82, 2.24) is 24.7 Å². The number of hydrogen-bond acceptors (Lipinski definition) is 5. The fourth-order valence-electron chi connectivity index (χ4n) is 3.20. The lowest BCUT2D eigenvalue weighted by atomic mass is 10.1. The van der Waals surface area contributed by atoms with Crippen LogP contribution in [0.15, 0.2) is 73.4 Å². The molecule has 4 aromatic rings. The first-order valence-corrected chi connectivity index (χ1v) is 9.30. The molecule has 0 saturated carbocycles. The van der Waals surface area contributed by atoms with Gasteiger partial charge in [0.05, 0.1) is 0 Å². The number of nitrogens with zero attached hydrogens (tertiary/aromatic N) is 6. The number of aryl methyl sites for hydroxylation is 1. The Morgan fingerprint density at radius 3 is 2.62 bits per heavy atom. The number of carbonyl (C=O) groups is 1. The summed E-state index contributed by atoms with van der Waals surface area (Å²) >= 11 is 0. The van der Waals surface area contributed by atoms with Crippen LogP contribution in [-0.4, -0.2) is 37.2 Å². The van der Waals surface area contributed by atoms with E-state index in [1.165, 1.54) is 0 Å². The average molecular weight is 384 g/mol. The van der Waals surface area contributed by atoms with E-state index in [9.17, 15) is 4.79 Å². The highest BCUT2D eigenvalue weighted by atomic mass is 16.2. The van der Waals surface area contributed by atoms with E-state index in [4.69, 9.17) is 0 Å². The van der Waals surface area contributed by atoms with Gasteiger partial charge in [-0.2, -0.15) is 0 Å². The van der Waals surface area contributed by atoms with Gasteiger partial charge in [0.25, 0.3) is 5.91 Å². The fraction of sp³-hybridized carbons (Fsp3) is 0.136. The topological polar surface area (TPSA) is 76.8 Å². The molecule has 3 aromatic heterocycles. The highest BCUT2D eigenvalue weighted by molar-refractivity contribution is 6.05. The van der Waals surface area contributed by atoms with E-state index in [0.717, 1.165) is 28.2 Å². The van der Waals surface area contributed by atoms with Crippen molar-refractivity contribution in [3.63, 3.8) is 0 Å². The van der Waals surface area contributed by atoms with Crippen LogP contribution in [0.25, 0.3) is 22.5 Å².